The van der Waals surface area contributed by atoms with Gasteiger partial charge in [0.05, 0.1) is 24.3 Å². The van der Waals surface area contributed by atoms with Gasteiger partial charge in [-0.3, -0.25) is 10.1 Å². The third kappa shape index (κ3) is 7.41. The number of rotatable bonds is 6. The quantitative estimate of drug-likeness (QED) is 0.268. The summed E-state index contributed by atoms with van der Waals surface area (Å²) in [5.41, 5.74) is 4.00. The van der Waals surface area contributed by atoms with Crippen LogP contribution in [-0.2, 0) is 29.0 Å². The first-order valence-electron chi connectivity index (χ1n) is 13.6. The molecular weight excluding hydrogens is 543 g/mol. The van der Waals surface area contributed by atoms with Crippen LogP contribution >= 0.6 is 0 Å². The molecule has 0 saturated carbocycles. The maximum absolute atomic E-state index is 15.1. The number of fused-ring (bicyclic) bond motifs is 2. The lowest BCUT2D eigenvalue weighted by Crippen LogP contribution is -2.15. The van der Waals surface area contributed by atoms with Crippen LogP contribution in [0.25, 0.3) is 16.9 Å². The molecule has 4 aromatic rings. The number of halogens is 1. The molecule has 10 nitrogen and oxygen atoms in total. The van der Waals surface area contributed by atoms with Crippen molar-refractivity contribution >= 4 is 23.5 Å². The predicted octanol–water partition coefficient (Wildman–Crippen LogP) is 5.63. The number of carboxylic acids is 1. The molecule has 42 heavy (non-hydrogen) atoms. The van der Waals surface area contributed by atoms with E-state index in [1.54, 1.807) is 33.8 Å². The van der Waals surface area contributed by atoms with E-state index >= 15 is 4.39 Å². The summed E-state index contributed by atoms with van der Waals surface area (Å²) in [6.45, 7) is 9.31. The van der Waals surface area contributed by atoms with E-state index in [2.05, 4.69) is 15.4 Å². The van der Waals surface area contributed by atoms with Crippen LogP contribution in [0.2, 0.25) is 0 Å². The van der Waals surface area contributed by atoms with Crippen molar-refractivity contribution in [2.45, 2.75) is 66.1 Å². The first-order chi connectivity index (χ1) is 19.8. The van der Waals surface area contributed by atoms with Gasteiger partial charge in [0.25, 0.3) is 0 Å². The molecule has 5 rings (SSSR count). The Morgan fingerprint density at radius 3 is 2.52 bits per heavy atom. The number of hydrogen-bond donors (Lipinski definition) is 3. The third-order valence-corrected chi connectivity index (χ3v) is 6.37. The molecule has 0 fully saturated rings. The molecule has 0 bridgehead atoms. The van der Waals surface area contributed by atoms with Crippen molar-refractivity contribution in [3.8, 4) is 17.0 Å². The minimum Gasteiger partial charge on any atom is -0.490 e. The Kier molecular flexibility index (Phi) is 9.11. The van der Waals surface area contributed by atoms with E-state index in [-0.39, 0.29) is 24.6 Å². The molecule has 222 valence electrons. The topological polar surface area (TPSA) is 135 Å². The number of benzene rings is 2. The number of amides is 1. The number of carboxylic acid groups (broad SMARTS) is 1. The van der Waals surface area contributed by atoms with Crippen molar-refractivity contribution in [1.29, 1.82) is 0 Å². The Morgan fingerprint density at radius 2 is 1.86 bits per heavy atom. The average molecular weight is 579 g/mol. The van der Waals surface area contributed by atoms with Gasteiger partial charge in [-0.05, 0) is 64.7 Å². The van der Waals surface area contributed by atoms with Crippen LogP contribution in [0.3, 0.4) is 0 Å². The number of aryl methyl sites for hydroxylation is 1. The Balaban J connectivity index is 0.000000748. The molecule has 0 aliphatic carbocycles. The molecule has 0 spiro atoms. The van der Waals surface area contributed by atoms with Gasteiger partial charge in [0.15, 0.2) is 23.0 Å². The minimum atomic E-state index is -1.06. The highest BCUT2D eigenvalue weighted by atomic mass is 19.1. The van der Waals surface area contributed by atoms with Gasteiger partial charge in [0.2, 0.25) is 0 Å². The Labute approximate surface area is 243 Å². The summed E-state index contributed by atoms with van der Waals surface area (Å²) in [6, 6.07) is 12.1. The molecule has 0 radical (unpaired) electrons. The lowest BCUT2D eigenvalue weighted by atomic mass is 9.91. The number of ether oxygens (including phenoxy) is 2. The van der Waals surface area contributed by atoms with Gasteiger partial charge >= 0.3 is 12.1 Å². The minimum absolute atomic E-state index is 0.0844. The van der Waals surface area contributed by atoms with Gasteiger partial charge in [-0.1, -0.05) is 30.3 Å². The molecule has 3 N–H and O–H groups in total. The van der Waals surface area contributed by atoms with E-state index in [9.17, 15) is 14.7 Å². The van der Waals surface area contributed by atoms with Crippen LogP contribution in [-0.4, -0.2) is 49.1 Å². The monoisotopic (exact) mass is 578 g/mol. The van der Waals surface area contributed by atoms with E-state index in [0.717, 1.165) is 23.1 Å². The number of aromatic nitrogens is 3. The fourth-order valence-electron chi connectivity index (χ4n) is 4.62. The second kappa shape index (κ2) is 12.6. The van der Waals surface area contributed by atoms with Crippen molar-refractivity contribution in [3.63, 3.8) is 0 Å². The molecule has 1 aliphatic heterocycles. The van der Waals surface area contributed by atoms with Gasteiger partial charge in [-0.2, -0.15) is 0 Å². The second-order valence-electron chi connectivity index (χ2n) is 11.0. The normalized spacial score (nSPS) is 12.5. The largest absolute Gasteiger partial charge is 0.490 e. The zero-order valence-corrected chi connectivity index (χ0v) is 24.3. The lowest BCUT2D eigenvalue weighted by Gasteiger charge is -2.23. The molecule has 0 saturated heterocycles. The summed E-state index contributed by atoms with van der Waals surface area (Å²) in [4.78, 5) is 28.7. The molecule has 0 atom stereocenters. The third-order valence-electron chi connectivity index (χ3n) is 6.37. The Bertz CT molecular complexity index is 1610. The molecule has 0 unspecified atom stereocenters. The molecule has 1 aliphatic rings. The van der Waals surface area contributed by atoms with E-state index in [4.69, 9.17) is 14.6 Å². The van der Waals surface area contributed by atoms with E-state index in [1.165, 1.54) is 10.6 Å². The Morgan fingerprint density at radius 1 is 1.17 bits per heavy atom. The van der Waals surface area contributed by atoms with Gasteiger partial charge in [-0.15, -0.1) is 5.10 Å². The van der Waals surface area contributed by atoms with Crippen LogP contribution in [0.15, 0.2) is 42.5 Å². The number of aliphatic carboxylic acids is 1. The van der Waals surface area contributed by atoms with Gasteiger partial charge in [0.1, 0.15) is 6.61 Å². The van der Waals surface area contributed by atoms with Crippen molar-refractivity contribution < 1.29 is 33.7 Å². The average Bonchev–Trinajstić information content (AvgIpc) is 3.31. The summed E-state index contributed by atoms with van der Waals surface area (Å²) in [5.74, 6) is -1.18. The van der Waals surface area contributed by atoms with Crippen LogP contribution < -0.4 is 10.1 Å². The molecule has 2 aromatic carbocycles. The van der Waals surface area contributed by atoms with Crippen LogP contribution in [0.4, 0.5) is 15.0 Å². The summed E-state index contributed by atoms with van der Waals surface area (Å²) in [7, 11) is 0. The van der Waals surface area contributed by atoms with Crippen molar-refractivity contribution in [3.05, 3.63) is 76.2 Å². The first-order valence-corrected chi connectivity index (χ1v) is 13.6. The second-order valence-corrected chi connectivity index (χ2v) is 11.0. The number of carbonyl (C=O) groups is 2. The standard InChI is InChI=1S/C27H25FN4O5.C4H10O/c1-15-18-9-6-10-36-26(18)21(28)11-19(15)25-20(12-24(33)34)16(2)29-23-13-22(31-32(23)25)30-27(35)37-14-17-7-4-3-5-8-17;1-4(2,3)5/h3-5,7-8,11,13H,6,9-10,12,14H2,1-2H3,(H,33,34)(H,30,31,35);5H,1-3H3. The molecule has 1 amide bonds. The van der Waals surface area contributed by atoms with Gasteiger partial charge < -0.3 is 19.7 Å². The highest BCUT2D eigenvalue weighted by Crippen LogP contribution is 2.39. The fraction of sp³-hybridized carbons (Fsp3) is 0.355. The lowest BCUT2D eigenvalue weighted by molar-refractivity contribution is -0.136. The fourth-order valence-corrected chi connectivity index (χ4v) is 4.62. The number of anilines is 1. The zero-order valence-electron chi connectivity index (χ0n) is 24.3. The number of aliphatic hydroxyl groups is 1. The van der Waals surface area contributed by atoms with Gasteiger partial charge in [-0.25, -0.2) is 18.7 Å². The maximum atomic E-state index is 15.1. The van der Waals surface area contributed by atoms with Crippen molar-refractivity contribution in [1.82, 2.24) is 14.6 Å². The van der Waals surface area contributed by atoms with Crippen molar-refractivity contribution in [2.75, 3.05) is 11.9 Å². The number of nitrogens with one attached hydrogen (secondary N) is 1. The zero-order chi connectivity index (χ0) is 30.6. The molecule has 3 heterocycles. The summed E-state index contributed by atoms with van der Waals surface area (Å²) < 4.78 is 27.4. The summed E-state index contributed by atoms with van der Waals surface area (Å²) in [5, 5.41) is 25.2. The van der Waals surface area contributed by atoms with Gasteiger partial charge in [0, 0.05) is 28.5 Å². The highest BCUT2D eigenvalue weighted by Gasteiger charge is 2.26. The summed E-state index contributed by atoms with van der Waals surface area (Å²) >= 11 is 0. The first kappa shape index (κ1) is 30.4. The van der Waals surface area contributed by atoms with E-state index in [0.29, 0.717) is 41.2 Å². The van der Waals surface area contributed by atoms with Crippen LogP contribution in [0.5, 0.6) is 5.75 Å². The van der Waals surface area contributed by atoms with Crippen LogP contribution in [0.1, 0.15) is 55.1 Å². The van der Waals surface area contributed by atoms with Crippen LogP contribution in [0, 0.1) is 19.7 Å². The Hall–Kier alpha value is -4.51. The number of nitrogens with zero attached hydrogens (tertiary/aromatic N) is 3. The number of hydrogen-bond acceptors (Lipinski definition) is 7. The van der Waals surface area contributed by atoms with E-state index < -0.39 is 23.5 Å². The smallest absolute Gasteiger partial charge is 0.413 e. The van der Waals surface area contributed by atoms with Crippen molar-refractivity contribution in [2.24, 2.45) is 0 Å². The maximum Gasteiger partial charge on any atom is 0.413 e. The molecule has 2 aromatic heterocycles. The van der Waals surface area contributed by atoms with E-state index in [1.807, 2.05) is 37.3 Å². The SMILES string of the molecule is CC(C)(C)O.Cc1nc2cc(NC(=O)OCc3ccccc3)nn2c(-c2cc(F)c3c(c2C)CCCO3)c1CC(=O)O. The predicted molar refractivity (Wildman–Crippen MR) is 155 cm³/mol. The summed E-state index contributed by atoms with van der Waals surface area (Å²) in [6.07, 6.45) is 0.363. The highest BCUT2D eigenvalue weighted by molar-refractivity contribution is 5.85. The molecular formula is C31H35FN4O6. The number of carbonyl (C=O) groups excluding carboxylic acids is 1. The molecule has 11 heteroatoms.